The van der Waals surface area contributed by atoms with Crippen LogP contribution >= 0.6 is 0 Å². The highest BCUT2D eigenvalue weighted by atomic mass is 19.4. The minimum Gasteiger partial charge on any atom is -0.475 e. The van der Waals surface area contributed by atoms with Crippen molar-refractivity contribution < 1.29 is 46.1 Å². The molecule has 28 heavy (non-hydrogen) atoms. The lowest BCUT2D eigenvalue weighted by Gasteiger charge is -2.17. The van der Waals surface area contributed by atoms with Crippen LogP contribution in [0.25, 0.3) is 0 Å². The maximum Gasteiger partial charge on any atom is 0.490 e. The van der Waals surface area contributed by atoms with Crippen LogP contribution in [0.1, 0.15) is 17.0 Å². The van der Waals surface area contributed by atoms with E-state index in [1.54, 1.807) is 0 Å². The van der Waals surface area contributed by atoms with Crippen LogP contribution in [0.15, 0.2) is 28.9 Å². The van der Waals surface area contributed by atoms with Gasteiger partial charge in [-0.1, -0.05) is 11.2 Å². The SMILES string of the molecule is N=C(c1nonc1CN)N(O)c1cccc(C(F)(F)F)c1.O=C(O)C(F)(F)F. The van der Waals surface area contributed by atoms with Crippen LogP contribution < -0.4 is 10.8 Å². The van der Waals surface area contributed by atoms with E-state index in [0.717, 1.165) is 12.1 Å². The van der Waals surface area contributed by atoms with Gasteiger partial charge >= 0.3 is 18.3 Å². The lowest BCUT2D eigenvalue weighted by atomic mass is 10.2. The molecular formula is C13H11F6N5O4. The molecule has 9 nitrogen and oxygen atoms in total. The fraction of sp³-hybridized carbons (Fsp3) is 0.231. The summed E-state index contributed by atoms with van der Waals surface area (Å²) >= 11 is 0. The average Bonchev–Trinajstić information content (AvgIpc) is 3.08. The molecule has 1 heterocycles. The second-order valence-corrected chi connectivity index (χ2v) is 4.78. The van der Waals surface area contributed by atoms with Gasteiger partial charge in [-0.2, -0.15) is 26.3 Å². The number of rotatable bonds is 3. The lowest BCUT2D eigenvalue weighted by molar-refractivity contribution is -0.192. The van der Waals surface area contributed by atoms with Crippen molar-refractivity contribution in [2.75, 3.05) is 5.06 Å². The maximum absolute atomic E-state index is 12.6. The molecule has 0 saturated heterocycles. The molecule has 15 heteroatoms. The van der Waals surface area contributed by atoms with Gasteiger partial charge in [0.25, 0.3) is 0 Å². The molecule has 2 rings (SSSR count). The van der Waals surface area contributed by atoms with E-state index in [9.17, 15) is 31.5 Å². The number of carbonyl (C=O) groups is 1. The van der Waals surface area contributed by atoms with E-state index in [1.807, 2.05) is 0 Å². The Balaban J connectivity index is 0.000000480. The van der Waals surface area contributed by atoms with Crippen LogP contribution in [0.5, 0.6) is 0 Å². The molecule has 0 amide bonds. The van der Waals surface area contributed by atoms with E-state index < -0.39 is 29.7 Å². The molecule has 0 unspecified atom stereocenters. The Hall–Kier alpha value is -3.20. The Morgan fingerprint density at radius 3 is 2.25 bits per heavy atom. The number of nitrogens with zero attached hydrogens (tertiary/aromatic N) is 3. The molecule has 0 spiro atoms. The summed E-state index contributed by atoms with van der Waals surface area (Å²) in [6, 6.07) is 3.87. The van der Waals surface area contributed by atoms with Crippen molar-refractivity contribution in [2.45, 2.75) is 18.9 Å². The summed E-state index contributed by atoms with van der Waals surface area (Å²) in [6.45, 7) is -0.0996. The zero-order valence-electron chi connectivity index (χ0n) is 13.4. The number of aliphatic carboxylic acids is 1. The van der Waals surface area contributed by atoms with Crippen molar-refractivity contribution in [3.63, 3.8) is 0 Å². The summed E-state index contributed by atoms with van der Waals surface area (Å²) in [7, 11) is 0. The molecule has 1 aromatic heterocycles. The van der Waals surface area contributed by atoms with Crippen molar-refractivity contribution in [1.29, 1.82) is 5.41 Å². The number of carboxylic acid groups (broad SMARTS) is 1. The Morgan fingerprint density at radius 1 is 1.21 bits per heavy atom. The summed E-state index contributed by atoms with van der Waals surface area (Å²) in [5.74, 6) is -3.36. The van der Waals surface area contributed by atoms with Crippen LogP contribution in [0, 0.1) is 5.41 Å². The lowest BCUT2D eigenvalue weighted by Crippen LogP contribution is -2.29. The number of anilines is 1. The third kappa shape index (κ3) is 5.92. The van der Waals surface area contributed by atoms with Gasteiger partial charge in [0.2, 0.25) is 0 Å². The number of carboxylic acids is 1. The molecule has 0 fully saturated rings. The molecule has 0 radical (unpaired) electrons. The van der Waals surface area contributed by atoms with Gasteiger partial charge in [-0.3, -0.25) is 10.6 Å². The maximum atomic E-state index is 12.6. The first-order valence-corrected chi connectivity index (χ1v) is 6.85. The Morgan fingerprint density at radius 2 is 1.79 bits per heavy atom. The predicted molar refractivity (Wildman–Crippen MR) is 78.4 cm³/mol. The van der Waals surface area contributed by atoms with E-state index in [-0.39, 0.29) is 28.7 Å². The fourth-order valence-corrected chi connectivity index (χ4v) is 1.56. The van der Waals surface area contributed by atoms with Crippen molar-refractivity contribution in [3.8, 4) is 0 Å². The van der Waals surface area contributed by atoms with Gasteiger partial charge in [-0.05, 0) is 23.4 Å². The highest BCUT2D eigenvalue weighted by Crippen LogP contribution is 2.31. The number of hydrogen-bond donors (Lipinski definition) is 4. The van der Waals surface area contributed by atoms with Crippen molar-refractivity contribution in [1.82, 2.24) is 10.3 Å². The number of hydroxylamine groups is 1. The summed E-state index contributed by atoms with van der Waals surface area (Å²) in [6.07, 6.45) is -9.64. The van der Waals surface area contributed by atoms with E-state index in [1.165, 1.54) is 6.07 Å². The fourth-order valence-electron chi connectivity index (χ4n) is 1.56. The number of aromatic nitrogens is 2. The zero-order valence-corrected chi connectivity index (χ0v) is 13.4. The van der Waals surface area contributed by atoms with Crippen LogP contribution in [0.3, 0.4) is 0 Å². The topological polar surface area (TPSA) is 150 Å². The summed E-state index contributed by atoms with van der Waals surface area (Å²) in [5, 5.41) is 31.8. The van der Waals surface area contributed by atoms with E-state index >= 15 is 0 Å². The minimum absolute atomic E-state index is 0.0996. The second kappa shape index (κ2) is 8.66. The number of nitrogens with two attached hydrogens (primary N) is 1. The van der Waals surface area contributed by atoms with E-state index in [2.05, 4.69) is 14.9 Å². The predicted octanol–water partition coefficient (Wildman–Crippen LogP) is 2.40. The van der Waals surface area contributed by atoms with Gasteiger partial charge in [0, 0.05) is 6.54 Å². The van der Waals surface area contributed by atoms with Crippen LogP contribution in [0.4, 0.5) is 32.0 Å². The van der Waals surface area contributed by atoms with Gasteiger partial charge in [0.1, 0.15) is 5.69 Å². The number of benzene rings is 1. The van der Waals surface area contributed by atoms with Crippen LogP contribution in [-0.4, -0.2) is 38.6 Å². The van der Waals surface area contributed by atoms with E-state index in [4.69, 9.17) is 21.0 Å². The summed E-state index contributed by atoms with van der Waals surface area (Å²) in [5.41, 5.74) is 4.09. The Labute approximate surface area is 151 Å². The second-order valence-electron chi connectivity index (χ2n) is 4.78. The molecular weight excluding hydrogens is 404 g/mol. The number of halogens is 6. The number of nitrogens with one attached hydrogen (secondary N) is 1. The third-order valence-electron chi connectivity index (χ3n) is 2.85. The molecule has 0 aliphatic heterocycles. The molecule has 154 valence electrons. The average molecular weight is 415 g/mol. The smallest absolute Gasteiger partial charge is 0.475 e. The minimum atomic E-state index is -5.08. The quantitative estimate of drug-likeness (QED) is 0.258. The third-order valence-corrected chi connectivity index (χ3v) is 2.85. The highest BCUT2D eigenvalue weighted by molar-refractivity contribution is 6.05. The first-order chi connectivity index (χ1) is 12.8. The van der Waals surface area contributed by atoms with Gasteiger partial charge in [-0.25, -0.2) is 14.5 Å². The highest BCUT2D eigenvalue weighted by Gasteiger charge is 2.38. The molecule has 0 aliphatic carbocycles. The summed E-state index contributed by atoms with van der Waals surface area (Å²) in [4.78, 5) is 8.90. The van der Waals surface area contributed by atoms with Gasteiger partial charge in [0.15, 0.2) is 11.5 Å². The van der Waals surface area contributed by atoms with Crippen molar-refractivity contribution in [3.05, 3.63) is 41.2 Å². The molecule has 0 bridgehead atoms. The molecule has 0 saturated carbocycles. The van der Waals surface area contributed by atoms with Crippen molar-refractivity contribution in [2.24, 2.45) is 5.73 Å². The molecule has 2 aromatic rings. The normalized spacial score (nSPS) is 11.4. The number of alkyl halides is 6. The van der Waals surface area contributed by atoms with E-state index in [0.29, 0.717) is 6.07 Å². The number of hydrogen-bond acceptors (Lipinski definition) is 7. The van der Waals surface area contributed by atoms with Gasteiger partial charge in [-0.15, -0.1) is 0 Å². The largest absolute Gasteiger partial charge is 0.490 e. The first-order valence-electron chi connectivity index (χ1n) is 6.85. The van der Waals surface area contributed by atoms with Crippen LogP contribution in [-0.2, 0) is 17.5 Å². The Kier molecular flexibility index (Phi) is 7.06. The van der Waals surface area contributed by atoms with Gasteiger partial charge in [0.05, 0.1) is 11.3 Å². The van der Waals surface area contributed by atoms with Crippen LogP contribution in [0.2, 0.25) is 0 Å². The molecule has 0 aliphatic rings. The van der Waals surface area contributed by atoms with Gasteiger partial charge < -0.3 is 10.8 Å². The monoisotopic (exact) mass is 415 g/mol. The van der Waals surface area contributed by atoms with Crippen molar-refractivity contribution >= 4 is 17.5 Å². The molecule has 1 aromatic carbocycles. The zero-order chi connectivity index (χ0) is 21.7. The number of amidine groups is 1. The standard InChI is InChI=1S/C11H10F3N5O2.C2HF3O2/c12-11(13,14)6-2-1-3-7(4-6)19(20)10(16)9-8(5-15)17-21-18-9;3-2(4,5)1(6)7/h1-4,16,20H,5,15H2;(H,6,7). The Bertz CT molecular complexity index is 835. The molecule has 0 atom stereocenters. The first kappa shape index (κ1) is 22.8. The molecule has 5 N–H and O–H groups in total. The summed E-state index contributed by atoms with van der Waals surface area (Å²) < 4.78 is 74.0.